The predicted octanol–water partition coefficient (Wildman–Crippen LogP) is 4.73. The van der Waals surface area contributed by atoms with Gasteiger partial charge in [-0.3, -0.25) is 19.5 Å². The first kappa shape index (κ1) is 21.9. The van der Waals surface area contributed by atoms with Gasteiger partial charge in [-0.05, 0) is 63.1 Å². The molecule has 0 spiro atoms. The van der Waals surface area contributed by atoms with E-state index >= 15 is 0 Å². The van der Waals surface area contributed by atoms with Crippen molar-refractivity contribution in [2.24, 2.45) is 5.92 Å². The number of non-ortho nitro benzene ring substituents is 1. The highest BCUT2D eigenvalue weighted by molar-refractivity contribution is 7.71. The lowest BCUT2D eigenvalue weighted by molar-refractivity contribution is -0.384. The fraction of sp³-hybridized carbons (Fsp3) is 0.474. The van der Waals surface area contributed by atoms with Crippen molar-refractivity contribution in [2.45, 2.75) is 32.7 Å². The van der Waals surface area contributed by atoms with Gasteiger partial charge in [-0.25, -0.2) is 0 Å². The summed E-state index contributed by atoms with van der Waals surface area (Å²) in [4.78, 5) is 29.2. The predicted molar refractivity (Wildman–Crippen MR) is 122 cm³/mol. The Hall–Kier alpha value is -1.81. The van der Waals surface area contributed by atoms with Crippen molar-refractivity contribution in [1.29, 1.82) is 0 Å². The monoisotopic (exact) mass is 454 g/mol. The molecule has 0 amide bonds. The number of H-pyrrole nitrogens is 1. The van der Waals surface area contributed by atoms with Crippen molar-refractivity contribution in [2.75, 3.05) is 19.6 Å². The van der Waals surface area contributed by atoms with Crippen LogP contribution in [0.1, 0.15) is 26.2 Å². The number of nitro benzene ring substituents is 1. The third-order valence-corrected chi connectivity index (χ3v) is 7.01. The van der Waals surface area contributed by atoms with E-state index < -0.39 is 4.92 Å². The molecule has 0 radical (unpaired) electrons. The van der Waals surface area contributed by atoms with Gasteiger partial charge in [-0.15, -0.1) is 23.7 Å². The smallest absolute Gasteiger partial charge is 0.272 e. The van der Waals surface area contributed by atoms with Gasteiger partial charge in [0.15, 0.2) is 4.77 Å². The molecule has 0 bridgehead atoms. The van der Waals surface area contributed by atoms with Crippen LogP contribution in [0.15, 0.2) is 23.0 Å². The summed E-state index contributed by atoms with van der Waals surface area (Å²) in [5.41, 5.74) is 0.487. The molecule has 3 heterocycles. The molecular formula is C19H23ClN4O3S2. The Balaban J connectivity index is 0.00000240. The van der Waals surface area contributed by atoms with Gasteiger partial charge in [0.2, 0.25) is 0 Å². The zero-order valence-electron chi connectivity index (χ0n) is 16.1. The molecule has 156 valence electrons. The average molecular weight is 455 g/mol. The highest BCUT2D eigenvalue weighted by Crippen LogP contribution is 2.33. The van der Waals surface area contributed by atoms with Crippen LogP contribution in [0.4, 0.5) is 5.69 Å². The van der Waals surface area contributed by atoms with Gasteiger partial charge in [0.25, 0.3) is 11.2 Å². The van der Waals surface area contributed by atoms with Crippen LogP contribution in [0, 0.1) is 20.8 Å². The lowest BCUT2D eigenvalue weighted by Crippen LogP contribution is -2.34. The van der Waals surface area contributed by atoms with Gasteiger partial charge in [0.05, 0.1) is 10.4 Å². The third kappa shape index (κ3) is 4.37. The molecule has 1 aromatic carbocycles. The van der Waals surface area contributed by atoms with Gasteiger partial charge in [0.1, 0.15) is 4.70 Å². The number of fused-ring (bicyclic) bond motifs is 3. The first-order chi connectivity index (χ1) is 13.4. The number of piperidine rings is 1. The molecule has 4 rings (SSSR count). The van der Waals surface area contributed by atoms with Crippen LogP contribution in [-0.4, -0.2) is 39.0 Å². The van der Waals surface area contributed by atoms with Crippen molar-refractivity contribution in [1.82, 2.24) is 14.5 Å². The van der Waals surface area contributed by atoms with E-state index in [0.29, 0.717) is 26.9 Å². The van der Waals surface area contributed by atoms with Crippen molar-refractivity contribution >= 4 is 62.0 Å². The molecule has 0 saturated carbocycles. The Morgan fingerprint density at radius 1 is 1.31 bits per heavy atom. The first-order valence-corrected chi connectivity index (χ1v) is 10.7. The summed E-state index contributed by atoms with van der Waals surface area (Å²) in [5.74, 6) is 0.805. The second kappa shape index (κ2) is 8.91. The fourth-order valence-electron chi connectivity index (χ4n) is 3.80. The van der Waals surface area contributed by atoms with Crippen molar-refractivity contribution in [3.63, 3.8) is 0 Å². The molecule has 1 N–H and O–H groups in total. The van der Waals surface area contributed by atoms with Crippen molar-refractivity contribution in [3.8, 4) is 0 Å². The highest BCUT2D eigenvalue weighted by Gasteiger charge is 2.17. The summed E-state index contributed by atoms with van der Waals surface area (Å²) in [6.45, 7) is 6.08. The summed E-state index contributed by atoms with van der Waals surface area (Å²) in [5, 5.41) is 11.7. The number of halogens is 1. The molecule has 0 atom stereocenters. The van der Waals surface area contributed by atoms with E-state index in [4.69, 9.17) is 12.2 Å². The quantitative estimate of drug-likeness (QED) is 0.342. The van der Waals surface area contributed by atoms with Crippen LogP contribution in [0.3, 0.4) is 0 Å². The molecular weight excluding hydrogens is 432 g/mol. The fourth-order valence-corrected chi connectivity index (χ4v) is 5.17. The number of benzene rings is 1. The van der Waals surface area contributed by atoms with Gasteiger partial charge in [0, 0.05) is 28.8 Å². The first-order valence-electron chi connectivity index (χ1n) is 9.50. The zero-order chi connectivity index (χ0) is 19.8. The van der Waals surface area contributed by atoms with E-state index in [-0.39, 0.29) is 23.7 Å². The number of likely N-dealkylation sites (tertiary alicyclic amines) is 1. The number of aromatic nitrogens is 2. The lowest BCUT2D eigenvalue weighted by atomic mass is 9.99. The van der Waals surface area contributed by atoms with E-state index in [9.17, 15) is 14.9 Å². The summed E-state index contributed by atoms with van der Waals surface area (Å²) in [6.07, 6.45) is 3.34. The summed E-state index contributed by atoms with van der Waals surface area (Å²) in [7, 11) is 0. The Morgan fingerprint density at radius 3 is 2.72 bits per heavy atom. The van der Waals surface area contributed by atoms with E-state index in [1.807, 2.05) is 0 Å². The van der Waals surface area contributed by atoms with E-state index in [2.05, 4.69) is 16.8 Å². The second-order valence-corrected chi connectivity index (χ2v) is 8.95. The Bertz CT molecular complexity index is 1160. The molecule has 0 unspecified atom stereocenters. The van der Waals surface area contributed by atoms with Crippen LogP contribution in [0.2, 0.25) is 0 Å². The molecule has 1 saturated heterocycles. The number of aromatic amines is 1. The van der Waals surface area contributed by atoms with Crippen molar-refractivity contribution in [3.05, 3.63) is 43.4 Å². The number of hydrogen-bond acceptors (Lipinski definition) is 6. The minimum absolute atomic E-state index is 0. The van der Waals surface area contributed by atoms with Crippen LogP contribution in [-0.2, 0) is 6.54 Å². The standard InChI is InChI=1S/C19H22N4O3S2.ClH/c1-12-5-9-21(10-6-12)7-2-8-22-18(24)17-16(20-19(22)27)14-11-13(23(25)26)3-4-15(14)28-17;/h3-4,11-12H,2,5-10H2,1H3,(H,20,27);1H. The molecule has 29 heavy (non-hydrogen) atoms. The minimum atomic E-state index is -0.430. The number of rotatable bonds is 5. The Labute approximate surface area is 182 Å². The van der Waals surface area contributed by atoms with Gasteiger partial charge in [-0.2, -0.15) is 0 Å². The van der Waals surface area contributed by atoms with Crippen molar-refractivity contribution < 1.29 is 4.92 Å². The average Bonchev–Trinajstić information content (AvgIpc) is 3.04. The van der Waals surface area contributed by atoms with Crippen LogP contribution in [0.25, 0.3) is 20.3 Å². The normalized spacial score (nSPS) is 15.6. The SMILES string of the molecule is CC1CCN(CCCn2c(=S)[nH]c3c(sc4ccc([N+](=O)[O-])cc43)c2=O)CC1.Cl. The van der Waals surface area contributed by atoms with Crippen LogP contribution in [0.5, 0.6) is 0 Å². The number of nitrogens with zero attached hydrogens (tertiary/aromatic N) is 3. The lowest BCUT2D eigenvalue weighted by Gasteiger charge is -2.30. The largest absolute Gasteiger partial charge is 0.330 e. The van der Waals surface area contributed by atoms with E-state index in [0.717, 1.165) is 36.7 Å². The molecule has 1 aliphatic rings. The molecule has 1 aliphatic heterocycles. The highest BCUT2D eigenvalue weighted by atomic mass is 35.5. The molecule has 1 fully saturated rings. The molecule has 0 aliphatic carbocycles. The molecule has 3 aromatic rings. The zero-order valence-corrected chi connectivity index (χ0v) is 18.5. The van der Waals surface area contributed by atoms with Crippen LogP contribution < -0.4 is 5.56 Å². The Kier molecular flexibility index (Phi) is 6.72. The number of nitrogens with one attached hydrogen (secondary N) is 1. The van der Waals surface area contributed by atoms with Gasteiger partial charge >= 0.3 is 0 Å². The number of thiophene rings is 1. The maximum Gasteiger partial charge on any atom is 0.272 e. The summed E-state index contributed by atoms with van der Waals surface area (Å²) in [6, 6.07) is 4.65. The minimum Gasteiger partial charge on any atom is -0.330 e. The molecule has 10 heteroatoms. The second-order valence-electron chi connectivity index (χ2n) is 7.51. The maximum absolute atomic E-state index is 13.0. The maximum atomic E-state index is 13.0. The number of hydrogen-bond donors (Lipinski definition) is 1. The van der Waals surface area contributed by atoms with E-state index in [1.54, 1.807) is 10.6 Å². The van der Waals surface area contributed by atoms with E-state index in [1.165, 1.54) is 36.3 Å². The Morgan fingerprint density at radius 2 is 2.03 bits per heavy atom. The van der Waals surface area contributed by atoms with Gasteiger partial charge < -0.3 is 9.88 Å². The topological polar surface area (TPSA) is 84.2 Å². The summed E-state index contributed by atoms with van der Waals surface area (Å²) >= 11 is 6.78. The van der Waals surface area contributed by atoms with Gasteiger partial charge in [-0.1, -0.05) is 6.92 Å². The summed E-state index contributed by atoms with van der Waals surface area (Å²) < 4.78 is 3.39. The van der Waals surface area contributed by atoms with Crippen LogP contribution >= 0.6 is 36.0 Å². The molecule has 7 nitrogen and oxygen atoms in total. The third-order valence-electron chi connectivity index (χ3n) is 5.53. The molecule has 2 aromatic heterocycles. The number of nitro groups is 1.